The molecule has 0 spiro atoms. The van der Waals surface area contributed by atoms with Gasteiger partial charge in [0.25, 0.3) is 5.91 Å². The van der Waals surface area contributed by atoms with Crippen LogP contribution in [0.15, 0.2) is 54.9 Å². The fourth-order valence-electron chi connectivity index (χ4n) is 4.46. The summed E-state index contributed by atoms with van der Waals surface area (Å²) in [6, 6.07) is 11.9. The van der Waals surface area contributed by atoms with Gasteiger partial charge in [0, 0.05) is 24.7 Å². The summed E-state index contributed by atoms with van der Waals surface area (Å²) in [5.41, 5.74) is 2.51. The topological polar surface area (TPSA) is 76.5 Å². The van der Waals surface area contributed by atoms with Crippen molar-refractivity contribution in [2.75, 3.05) is 18.4 Å². The average molecular weight is 466 g/mol. The maximum absolute atomic E-state index is 13.2. The Bertz CT molecular complexity index is 1190. The number of anilines is 1. The lowest BCUT2D eigenvalue weighted by Crippen LogP contribution is -2.42. The van der Waals surface area contributed by atoms with Crippen LogP contribution in [0.3, 0.4) is 0 Å². The van der Waals surface area contributed by atoms with Crippen LogP contribution < -0.4 is 5.32 Å². The SMILES string of the molecule is O=C(Nc1ccc(F)cc1)C1CCN(C(=O)c2ncn3c2CO[C@@H](c2ccc(F)cc2)C3)CC1. The molecule has 3 aromatic rings. The van der Waals surface area contributed by atoms with Crippen molar-refractivity contribution in [3.63, 3.8) is 0 Å². The van der Waals surface area contributed by atoms with E-state index in [2.05, 4.69) is 10.3 Å². The number of hydrogen-bond donors (Lipinski definition) is 1. The summed E-state index contributed by atoms with van der Waals surface area (Å²) in [5, 5.41) is 2.81. The Hall–Kier alpha value is -3.59. The van der Waals surface area contributed by atoms with Gasteiger partial charge in [-0.05, 0) is 54.8 Å². The van der Waals surface area contributed by atoms with Gasteiger partial charge in [-0.15, -0.1) is 0 Å². The molecule has 1 N–H and O–H groups in total. The van der Waals surface area contributed by atoms with E-state index in [1.54, 1.807) is 23.4 Å². The van der Waals surface area contributed by atoms with E-state index in [9.17, 15) is 18.4 Å². The van der Waals surface area contributed by atoms with Gasteiger partial charge in [0.1, 0.15) is 17.7 Å². The lowest BCUT2D eigenvalue weighted by molar-refractivity contribution is -0.121. The number of hydrogen-bond acceptors (Lipinski definition) is 4. The zero-order chi connectivity index (χ0) is 23.7. The molecular weight excluding hydrogens is 442 g/mol. The van der Waals surface area contributed by atoms with E-state index >= 15 is 0 Å². The standard InChI is InChI=1S/C25H24F2N4O3/c26-18-3-1-16(2-4-18)22-13-31-15-28-23(21(31)14-34-22)25(33)30-11-9-17(10-12-30)24(32)29-20-7-5-19(27)6-8-20/h1-8,15,17,22H,9-14H2,(H,29,32)/t22-/m1/s1. The zero-order valence-electron chi connectivity index (χ0n) is 18.4. The lowest BCUT2D eigenvalue weighted by atomic mass is 9.95. The first kappa shape index (κ1) is 22.2. The molecular formula is C25H24F2N4O3. The molecule has 0 unspecified atom stereocenters. The summed E-state index contributed by atoms with van der Waals surface area (Å²) in [5.74, 6) is -1.17. The lowest BCUT2D eigenvalue weighted by Gasteiger charge is -2.31. The van der Waals surface area contributed by atoms with Crippen molar-refractivity contribution in [1.82, 2.24) is 14.5 Å². The second-order valence-electron chi connectivity index (χ2n) is 8.61. The van der Waals surface area contributed by atoms with E-state index < -0.39 is 0 Å². The van der Waals surface area contributed by atoms with Crippen LogP contribution in [-0.2, 0) is 22.7 Å². The van der Waals surface area contributed by atoms with Gasteiger partial charge in [-0.2, -0.15) is 0 Å². The Balaban J connectivity index is 1.18. The number of benzene rings is 2. The summed E-state index contributed by atoms with van der Waals surface area (Å²) < 4.78 is 34.1. The molecule has 0 aliphatic carbocycles. The number of likely N-dealkylation sites (tertiary alicyclic amines) is 1. The number of amides is 2. The van der Waals surface area contributed by atoms with Crippen LogP contribution in [0.1, 0.15) is 40.7 Å². The highest BCUT2D eigenvalue weighted by atomic mass is 19.1. The molecule has 1 aromatic heterocycles. The van der Waals surface area contributed by atoms with Gasteiger partial charge in [0.2, 0.25) is 5.91 Å². The second-order valence-corrected chi connectivity index (χ2v) is 8.61. The van der Waals surface area contributed by atoms with Gasteiger partial charge < -0.3 is 19.5 Å². The summed E-state index contributed by atoms with van der Waals surface area (Å²) in [6.07, 6.45) is 2.49. The second kappa shape index (κ2) is 9.34. The number of nitrogens with zero attached hydrogens (tertiary/aromatic N) is 3. The highest BCUT2D eigenvalue weighted by Gasteiger charge is 2.32. The molecule has 9 heteroatoms. The summed E-state index contributed by atoms with van der Waals surface area (Å²) in [4.78, 5) is 31.8. The van der Waals surface area contributed by atoms with Crippen LogP contribution in [-0.4, -0.2) is 39.4 Å². The van der Waals surface area contributed by atoms with Crippen molar-refractivity contribution in [3.05, 3.63) is 83.4 Å². The van der Waals surface area contributed by atoms with Crippen molar-refractivity contribution in [3.8, 4) is 0 Å². The van der Waals surface area contributed by atoms with Gasteiger partial charge in [-0.25, -0.2) is 13.8 Å². The number of imidazole rings is 1. The average Bonchev–Trinajstić information content (AvgIpc) is 3.29. The molecule has 1 saturated heterocycles. The number of fused-ring (bicyclic) bond motifs is 1. The Labute approximate surface area is 195 Å². The molecule has 5 rings (SSSR count). The fraction of sp³-hybridized carbons (Fsp3) is 0.320. The first-order valence-corrected chi connectivity index (χ1v) is 11.2. The largest absolute Gasteiger partial charge is 0.365 e. The zero-order valence-corrected chi connectivity index (χ0v) is 18.4. The van der Waals surface area contributed by atoms with Crippen molar-refractivity contribution in [2.45, 2.75) is 32.1 Å². The van der Waals surface area contributed by atoms with E-state index in [1.165, 1.54) is 36.4 Å². The molecule has 2 amide bonds. The van der Waals surface area contributed by atoms with E-state index in [-0.39, 0.29) is 42.1 Å². The molecule has 1 fully saturated rings. The van der Waals surface area contributed by atoms with Crippen LogP contribution in [0.25, 0.3) is 0 Å². The van der Waals surface area contributed by atoms with Crippen LogP contribution in [0.2, 0.25) is 0 Å². The molecule has 0 saturated carbocycles. The predicted molar refractivity (Wildman–Crippen MR) is 120 cm³/mol. The maximum atomic E-state index is 13.2. The molecule has 2 aromatic carbocycles. The number of carbonyl (C=O) groups is 2. The molecule has 176 valence electrons. The molecule has 7 nitrogen and oxygen atoms in total. The molecule has 1 atom stereocenters. The summed E-state index contributed by atoms with van der Waals surface area (Å²) in [7, 11) is 0. The van der Waals surface area contributed by atoms with Gasteiger partial charge in [-0.1, -0.05) is 12.1 Å². The first-order valence-electron chi connectivity index (χ1n) is 11.2. The first-order chi connectivity index (χ1) is 16.5. The number of rotatable bonds is 4. The number of carbonyl (C=O) groups excluding carboxylic acids is 2. The minimum Gasteiger partial charge on any atom is -0.365 e. The molecule has 3 heterocycles. The fourth-order valence-corrected chi connectivity index (χ4v) is 4.46. The highest BCUT2D eigenvalue weighted by Crippen LogP contribution is 2.29. The van der Waals surface area contributed by atoms with Crippen LogP contribution in [0.4, 0.5) is 14.5 Å². The van der Waals surface area contributed by atoms with Crippen molar-refractivity contribution in [2.24, 2.45) is 5.92 Å². The van der Waals surface area contributed by atoms with Crippen molar-refractivity contribution in [1.29, 1.82) is 0 Å². The van der Waals surface area contributed by atoms with E-state index in [4.69, 9.17) is 4.74 Å². The Kier molecular flexibility index (Phi) is 6.10. The third-order valence-electron chi connectivity index (χ3n) is 6.44. The Morgan fingerprint density at radius 2 is 1.62 bits per heavy atom. The van der Waals surface area contributed by atoms with E-state index in [1.807, 2.05) is 4.57 Å². The Morgan fingerprint density at radius 3 is 2.29 bits per heavy atom. The number of piperidine rings is 1. The van der Waals surface area contributed by atoms with Crippen molar-refractivity contribution >= 4 is 17.5 Å². The van der Waals surface area contributed by atoms with Crippen LogP contribution in [0.5, 0.6) is 0 Å². The van der Waals surface area contributed by atoms with Crippen molar-refractivity contribution < 1.29 is 23.1 Å². The Morgan fingerprint density at radius 1 is 0.971 bits per heavy atom. The quantitative estimate of drug-likeness (QED) is 0.632. The van der Waals surface area contributed by atoms with Crippen LogP contribution in [0, 0.1) is 17.6 Å². The molecule has 2 aliphatic rings. The minimum absolute atomic E-state index is 0.127. The number of aromatic nitrogens is 2. The molecule has 0 bridgehead atoms. The summed E-state index contributed by atoms with van der Waals surface area (Å²) >= 11 is 0. The van der Waals surface area contributed by atoms with E-state index in [0.29, 0.717) is 43.9 Å². The third-order valence-corrected chi connectivity index (χ3v) is 6.44. The van der Waals surface area contributed by atoms with Gasteiger partial charge in [-0.3, -0.25) is 9.59 Å². The van der Waals surface area contributed by atoms with E-state index in [0.717, 1.165) is 11.3 Å². The maximum Gasteiger partial charge on any atom is 0.274 e. The molecule has 0 radical (unpaired) electrons. The predicted octanol–water partition coefficient (Wildman–Crippen LogP) is 3.92. The van der Waals surface area contributed by atoms with Crippen LogP contribution >= 0.6 is 0 Å². The molecule has 2 aliphatic heterocycles. The van der Waals surface area contributed by atoms with Gasteiger partial charge >= 0.3 is 0 Å². The number of halogens is 2. The number of ether oxygens (including phenoxy) is 1. The monoisotopic (exact) mass is 466 g/mol. The minimum atomic E-state index is -0.359. The highest BCUT2D eigenvalue weighted by molar-refractivity contribution is 5.95. The third kappa shape index (κ3) is 4.56. The number of nitrogens with one attached hydrogen (secondary N) is 1. The van der Waals surface area contributed by atoms with Gasteiger partial charge in [0.05, 0.1) is 25.2 Å². The van der Waals surface area contributed by atoms with Gasteiger partial charge in [0.15, 0.2) is 5.69 Å². The summed E-state index contributed by atoms with van der Waals surface area (Å²) in [6.45, 7) is 1.63. The molecule has 34 heavy (non-hydrogen) atoms. The normalized spacial score (nSPS) is 18.4. The smallest absolute Gasteiger partial charge is 0.274 e.